The third-order valence-corrected chi connectivity index (χ3v) is 5.72. The molecule has 1 atom stereocenters. The Morgan fingerprint density at radius 2 is 1.75 bits per heavy atom. The van der Waals surface area contributed by atoms with E-state index in [-0.39, 0.29) is 52.8 Å². The number of hydrogen-bond donors (Lipinski definition) is 1. The molecule has 0 heterocycles. The smallest absolute Gasteiger partial charge is 1.00 e. The van der Waals surface area contributed by atoms with Crippen LogP contribution in [0.4, 0.5) is 5.69 Å². The molecule has 0 fully saturated rings. The van der Waals surface area contributed by atoms with Crippen LogP contribution in [0.2, 0.25) is 0 Å². The van der Waals surface area contributed by atoms with Gasteiger partial charge < -0.3 is 16.2 Å². The van der Waals surface area contributed by atoms with Crippen molar-refractivity contribution in [3.63, 3.8) is 0 Å². The fourth-order valence-electron chi connectivity index (χ4n) is 3.77. The first-order valence-electron chi connectivity index (χ1n) is 13.5. The zero-order valence-corrected chi connectivity index (χ0v) is 27.2. The fourth-order valence-corrected chi connectivity index (χ4v) is 3.77. The minimum atomic E-state index is -0.912. The number of aryl methyl sites for hydroxylation is 1. The number of allylic oxidation sites excluding steroid dienone is 1. The van der Waals surface area contributed by atoms with E-state index in [0.29, 0.717) is 18.1 Å². The van der Waals surface area contributed by atoms with Gasteiger partial charge in [-0.05, 0) is 68.7 Å². The molecule has 0 aliphatic heterocycles. The molecule has 0 amide bonds. The quantitative estimate of drug-likeness (QED) is 0.183. The molecule has 2 aromatic rings. The van der Waals surface area contributed by atoms with Gasteiger partial charge in [0.25, 0.3) is 0 Å². The maximum atomic E-state index is 11.6. The van der Waals surface area contributed by atoms with Crippen molar-refractivity contribution >= 4 is 11.7 Å². The Hall–Kier alpha value is -1.11. The Bertz CT molecular complexity index is 817. The van der Waals surface area contributed by atoms with Gasteiger partial charge in [0.1, 0.15) is 5.75 Å². The monoisotopic (exact) mass is 523 g/mol. The van der Waals surface area contributed by atoms with Crippen molar-refractivity contribution in [1.29, 1.82) is 0 Å². The van der Waals surface area contributed by atoms with E-state index in [1.165, 1.54) is 5.56 Å². The van der Waals surface area contributed by atoms with Gasteiger partial charge >= 0.3 is 57.4 Å². The van der Waals surface area contributed by atoms with Gasteiger partial charge in [-0.15, -0.1) is 6.58 Å². The van der Waals surface area contributed by atoms with Gasteiger partial charge in [-0.3, -0.25) is 0 Å². The zero-order valence-electron chi connectivity index (χ0n) is 25.1. The summed E-state index contributed by atoms with van der Waals surface area (Å²) in [7, 11) is 0. The Kier molecular flexibility index (Phi) is 24.9. The van der Waals surface area contributed by atoms with E-state index in [4.69, 9.17) is 4.74 Å². The Balaban J connectivity index is -0.00000183. The summed E-state index contributed by atoms with van der Waals surface area (Å²) in [5, 5.41) is 9.48. The van der Waals surface area contributed by atoms with E-state index in [9.17, 15) is 9.90 Å². The van der Waals surface area contributed by atoms with Gasteiger partial charge in [0.05, 0.1) is 17.9 Å². The molecule has 0 saturated carbocycles. The number of carboxylic acid groups (broad SMARTS) is 1. The van der Waals surface area contributed by atoms with E-state index in [1.807, 2.05) is 45.9 Å². The molecule has 0 spiro atoms. The predicted molar refractivity (Wildman–Crippen MR) is 153 cm³/mol. The number of aromatic carboxylic acids is 1. The first-order valence-corrected chi connectivity index (χ1v) is 13.5. The van der Waals surface area contributed by atoms with Crippen molar-refractivity contribution in [3.8, 4) is 5.75 Å². The number of hydrogen-bond acceptors (Lipinski definition) is 3. The molecule has 1 N–H and O–H groups in total. The van der Waals surface area contributed by atoms with Gasteiger partial charge in [0.15, 0.2) is 0 Å². The van der Waals surface area contributed by atoms with E-state index in [0.717, 1.165) is 63.1 Å². The first-order chi connectivity index (χ1) is 17.1. The maximum absolute atomic E-state index is 11.6. The van der Waals surface area contributed by atoms with Crippen molar-refractivity contribution < 1.29 is 67.4 Å². The van der Waals surface area contributed by atoms with Crippen LogP contribution < -0.4 is 61.0 Å². The largest absolute Gasteiger partial charge is 1.00 e. The van der Waals surface area contributed by atoms with Crippen LogP contribution in [0.5, 0.6) is 5.75 Å². The second kappa shape index (κ2) is 24.2. The summed E-state index contributed by atoms with van der Waals surface area (Å²) in [4.78, 5) is 13.8. The van der Waals surface area contributed by atoms with Crippen molar-refractivity contribution in [2.45, 2.75) is 80.1 Å². The van der Waals surface area contributed by atoms with Crippen LogP contribution in [-0.2, 0) is 6.42 Å². The molecule has 1 unspecified atom stereocenters. The molecule has 5 heteroatoms. The molecule has 36 heavy (non-hydrogen) atoms. The first kappa shape index (κ1) is 37.0. The molecule has 0 aliphatic rings. The van der Waals surface area contributed by atoms with E-state index in [2.05, 4.69) is 49.6 Å². The predicted octanol–water partition coefficient (Wildman–Crippen LogP) is 5.77. The van der Waals surface area contributed by atoms with Crippen molar-refractivity contribution in [3.05, 3.63) is 72.3 Å². The molecule has 0 bridgehead atoms. The summed E-state index contributed by atoms with van der Waals surface area (Å²) in [5.74, 6) is 0.390. The van der Waals surface area contributed by atoms with Crippen molar-refractivity contribution in [1.82, 2.24) is 0 Å². The molecular weight excluding hydrogens is 473 g/mol. The summed E-state index contributed by atoms with van der Waals surface area (Å²) < 4.78 is 6.14. The van der Waals surface area contributed by atoms with Crippen molar-refractivity contribution in [2.24, 2.45) is 5.92 Å². The minimum absolute atomic E-state index is 0. The Morgan fingerprint density at radius 1 is 1.08 bits per heavy atom. The number of nitrogens with zero attached hydrogens (tertiary/aromatic N) is 1. The van der Waals surface area contributed by atoms with Gasteiger partial charge in [0.2, 0.25) is 0 Å². The summed E-state index contributed by atoms with van der Waals surface area (Å²) in [6.45, 7) is 18.5. The molecule has 2 aromatic carbocycles. The summed E-state index contributed by atoms with van der Waals surface area (Å²) in [6, 6.07) is 15.7. The van der Waals surface area contributed by atoms with Crippen LogP contribution in [0, 0.1) is 5.92 Å². The fraction of sp³-hybridized carbons (Fsp3) is 0.516. The van der Waals surface area contributed by atoms with Crippen LogP contribution in [0.15, 0.2) is 61.2 Å². The normalized spacial score (nSPS) is 10.4. The Labute approximate surface area is 265 Å². The van der Waals surface area contributed by atoms with E-state index >= 15 is 0 Å². The third-order valence-electron chi connectivity index (χ3n) is 5.72. The number of rotatable bonds is 15. The second-order valence-corrected chi connectivity index (χ2v) is 7.96. The number of ether oxygens (including phenoxy) is 1. The topological polar surface area (TPSA) is 49.8 Å². The summed E-state index contributed by atoms with van der Waals surface area (Å²) in [6.07, 6.45) is 8.19. The van der Waals surface area contributed by atoms with Crippen molar-refractivity contribution in [2.75, 3.05) is 24.6 Å². The van der Waals surface area contributed by atoms with Gasteiger partial charge in [-0.1, -0.05) is 77.4 Å². The number of carboxylic acids is 1. The van der Waals surface area contributed by atoms with E-state index in [1.54, 1.807) is 12.1 Å². The number of benzene rings is 2. The standard InChI is InChI=1S/C27H37NO3.2C2H6.K.H/c1-4-7-13-22(5-2)21-28(6-3)25-20-24(27(29)30)17-18-26(25)31-19-12-11-16-23-14-9-8-10-15-23;2*1-2;;/h4,8-10,14-15,17-18,20,22H,1,5-7,11-13,16,19,21H2,2-3H3,(H,29,30);2*1-2H3;;/q;;;+1;-1. The molecule has 0 saturated heterocycles. The number of unbranched alkanes of at least 4 members (excludes halogenated alkanes) is 1. The molecule has 0 aromatic heterocycles. The second-order valence-electron chi connectivity index (χ2n) is 7.96. The number of carbonyl (C=O) groups is 1. The zero-order chi connectivity index (χ0) is 26.5. The van der Waals surface area contributed by atoms with Crippen LogP contribution in [-0.4, -0.2) is 30.8 Å². The van der Waals surface area contributed by atoms with Gasteiger partial charge in [0, 0.05) is 13.1 Å². The maximum Gasteiger partial charge on any atom is 1.00 e. The third kappa shape index (κ3) is 14.6. The number of anilines is 1. The van der Waals surface area contributed by atoms with Gasteiger partial charge in [-0.2, -0.15) is 0 Å². The van der Waals surface area contributed by atoms with Crippen LogP contribution in [0.3, 0.4) is 0 Å². The molecule has 0 aliphatic carbocycles. The van der Waals surface area contributed by atoms with Crippen LogP contribution in [0.25, 0.3) is 0 Å². The molecule has 2 rings (SSSR count). The van der Waals surface area contributed by atoms with Crippen LogP contribution >= 0.6 is 0 Å². The SMILES string of the molecule is C=CCCC(CC)CN(CC)c1cc(C(=O)O)ccc1OCCCCc1ccccc1.CC.CC.[H-].[K+]. The molecule has 198 valence electrons. The average Bonchev–Trinajstić information content (AvgIpc) is 2.91. The summed E-state index contributed by atoms with van der Waals surface area (Å²) >= 11 is 0. The van der Waals surface area contributed by atoms with E-state index < -0.39 is 5.97 Å². The molecular formula is C31H50KNO3. The average molecular weight is 524 g/mol. The summed E-state index contributed by atoms with van der Waals surface area (Å²) in [5.41, 5.74) is 2.52. The minimum Gasteiger partial charge on any atom is -1.00 e. The molecule has 4 nitrogen and oxygen atoms in total. The van der Waals surface area contributed by atoms with Gasteiger partial charge in [-0.25, -0.2) is 4.79 Å². The molecule has 0 radical (unpaired) electrons. The van der Waals surface area contributed by atoms with Crippen LogP contribution in [0.1, 0.15) is 91.0 Å². The Morgan fingerprint density at radius 3 is 2.31 bits per heavy atom.